The Morgan fingerprint density at radius 1 is 1.27 bits per heavy atom. The molecule has 1 aromatic carbocycles. The van der Waals surface area contributed by atoms with Crippen LogP contribution >= 0.6 is 0 Å². The molecule has 1 atom stereocenters. The highest BCUT2D eigenvalue weighted by molar-refractivity contribution is 5.49. The summed E-state index contributed by atoms with van der Waals surface area (Å²) < 4.78 is 13.7. The molecule has 0 saturated carbocycles. The fourth-order valence-corrected chi connectivity index (χ4v) is 1.37. The van der Waals surface area contributed by atoms with Crippen molar-refractivity contribution in [1.82, 2.24) is 0 Å². The Bertz CT molecular complexity index is 334. The Kier molecular flexibility index (Phi) is 3.69. The van der Waals surface area contributed by atoms with Gasteiger partial charge in [-0.25, -0.2) is 4.39 Å². The number of hydrogen-bond donors (Lipinski definition) is 1. The number of rotatable bonds is 3. The summed E-state index contributed by atoms with van der Waals surface area (Å²) in [4.78, 5) is 1.90. The SMILES string of the molecule is CC(N)c1ccc(N(C)C(C)C)c(F)c1. The van der Waals surface area contributed by atoms with Crippen molar-refractivity contribution in [2.24, 2.45) is 5.73 Å². The van der Waals surface area contributed by atoms with Crippen molar-refractivity contribution < 1.29 is 4.39 Å². The molecule has 0 aromatic heterocycles. The van der Waals surface area contributed by atoms with Gasteiger partial charge in [0.15, 0.2) is 0 Å². The second-order valence-corrected chi connectivity index (χ2v) is 4.20. The topological polar surface area (TPSA) is 29.3 Å². The quantitative estimate of drug-likeness (QED) is 0.831. The minimum Gasteiger partial charge on any atom is -0.370 e. The van der Waals surface area contributed by atoms with E-state index in [2.05, 4.69) is 0 Å². The predicted molar refractivity (Wildman–Crippen MR) is 62.5 cm³/mol. The fraction of sp³-hybridized carbons (Fsp3) is 0.500. The number of benzene rings is 1. The largest absolute Gasteiger partial charge is 0.370 e. The van der Waals surface area contributed by atoms with Gasteiger partial charge < -0.3 is 10.6 Å². The van der Waals surface area contributed by atoms with Crippen molar-refractivity contribution >= 4 is 5.69 Å². The molecule has 2 N–H and O–H groups in total. The van der Waals surface area contributed by atoms with E-state index in [-0.39, 0.29) is 17.9 Å². The van der Waals surface area contributed by atoms with Gasteiger partial charge in [-0.1, -0.05) is 6.07 Å². The maximum atomic E-state index is 13.7. The highest BCUT2D eigenvalue weighted by Gasteiger charge is 2.11. The molecule has 0 saturated heterocycles. The predicted octanol–water partition coefficient (Wildman–Crippen LogP) is 2.69. The van der Waals surface area contributed by atoms with E-state index in [4.69, 9.17) is 5.73 Å². The Morgan fingerprint density at radius 2 is 1.87 bits per heavy atom. The summed E-state index contributed by atoms with van der Waals surface area (Å²) in [5, 5.41) is 0. The van der Waals surface area contributed by atoms with Crippen LogP contribution < -0.4 is 10.6 Å². The molecule has 0 aliphatic heterocycles. The first-order chi connectivity index (χ1) is 6.93. The first-order valence-corrected chi connectivity index (χ1v) is 5.21. The van der Waals surface area contributed by atoms with E-state index in [1.54, 1.807) is 6.07 Å². The van der Waals surface area contributed by atoms with Gasteiger partial charge in [-0.05, 0) is 38.5 Å². The fourth-order valence-electron chi connectivity index (χ4n) is 1.37. The van der Waals surface area contributed by atoms with Crippen molar-refractivity contribution in [3.8, 4) is 0 Å². The standard InChI is InChI=1S/C12H19FN2/c1-8(2)15(4)12-6-5-10(9(3)14)7-11(12)13/h5-9H,14H2,1-4H3. The van der Waals surface area contributed by atoms with Gasteiger partial charge in [-0.2, -0.15) is 0 Å². The number of halogens is 1. The monoisotopic (exact) mass is 210 g/mol. The molecule has 1 rings (SSSR count). The first kappa shape index (κ1) is 12.0. The van der Waals surface area contributed by atoms with Gasteiger partial charge in [0.25, 0.3) is 0 Å². The van der Waals surface area contributed by atoms with Gasteiger partial charge in [0.05, 0.1) is 5.69 Å². The summed E-state index contributed by atoms with van der Waals surface area (Å²) in [5.41, 5.74) is 7.14. The first-order valence-electron chi connectivity index (χ1n) is 5.21. The normalized spacial score (nSPS) is 13.0. The van der Waals surface area contributed by atoms with Gasteiger partial charge in [-0.15, -0.1) is 0 Å². The van der Waals surface area contributed by atoms with E-state index >= 15 is 0 Å². The van der Waals surface area contributed by atoms with E-state index < -0.39 is 0 Å². The Labute approximate surface area is 90.9 Å². The molecule has 2 nitrogen and oxygen atoms in total. The molecular formula is C12H19FN2. The zero-order valence-electron chi connectivity index (χ0n) is 9.79. The number of nitrogens with zero attached hydrogens (tertiary/aromatic N) is 1. The second-order valence-electron chi connectivity index (χ2n) is 4.20. The van der Waals surface area contributed by atoms with Crippen LogP contribution in [0.3, 0.4) is 0 Å². The van der Waals surface area contributed by atoms with Crippen LogP contribution in [0.1, 0.15) is 32.4 Å². The lowest BCUT2D eigenvalue weighted by molar-refractivity contribution is 0.609. The van der Waals surface area contributed by atoms with Crippen molar-refractivity contribution in [3.63, 3.8) is 0 Å². The third-order valence-electron chi connectivity index (χ3n) is 2.65. The van der Waals surface area contributed by atoms with Gasteiger partial charge in [0.1, 0.15) is 5.82 Å². The highest BCUT2D eigenvalue weighted by Crippen LogP contribution is 2.23. The minimum absolute atomic E-state index is 0.127. The third-order valence-corrected chi connectivity index (χ3v) is 2.65. The minimum atomic E-state index is -0.207. The van der Waals surface area contributed by atoms with Crippen molar-refractivity contribution in [2.45, 2.75) is 32.9 Å². The van der Waals surface area contributed by atoms with Gasteiger partial charge in [0, 0.05) is 19.1 Å². The van der Waals surface area contributed by atoms with Crippen LogP contribution in [0.5, 0.6) is 0 Å². The molecule has 0 aliphatic carbocycles. The maximum Gasteiger partial charge on any atom is 0.146 e. The van der Waals surface area contributed by atoms with Crippen LogP contribution in [-0.2, 0) is 0 Å². The van der Waals surface area contributed by atoms with Crippen LogP contribution in [0.25, 0.3) is 0 Å². The zero-order valence-corrected chi connectivity index (χ0v) is 9.79. The van der Waals surface area contributed by atoms with E-state index in [1.807, 2.05) is 38.8 Å². The Balaban J connectivity index is 3.03. The van der Waals surface area contributed by atoms with E-state index in [1.165, 1.54) is 6.07 Å². The zero-order chi connectivity index (χ0) is 11.6. The summed E-state index contributed by atoms with van der Waals surface area (Å²) in [6, 6.07) is 5.33. The molecule has 0 amide bonds. The van der Waals surface area contributed by atoms with E-state index in [0.717, 1.165) is 5.56 Å². The van der Waals surface area contributed by atoms with Crippen LogP contribution in [0.2, 0.25) is 0 Å². The lowest BCUT2D eigenvalue weighted by atomic mass is 10.1. The average molecular weight is 210 g/mol. The molecule has 1 aromatic rings. The van der Waals surface area contributed by atoms with E-state index in [0.29, 0.717) is 5.69 Å². The smallest absolute Gasteiger partial charge is 0.146 e. The molecular weight excluding hydrogens is 191 g/mol. The number of nitrogens with two attached hydrogens (primary N) is 1. The van der Waals surface area contributed by atoms with Gasteiger partial charge >= 0.3 is 0 Å². The molecule has 15 heavy (non-hydrogen) atoms. The van der Waals surface area contributed by atoms with Crippen molar-refractivity contribution in [3.05, 3.63) is 29.6 Å². The van der Waals surface area contributed by atoms with Crippen molar-refractivity contribution in [2.75, 3.05) is 11.9 Å². The van der Waals surface area contributed by atoms with Crippen LogP contribution in [0, 0.1) is 5.82 Å². The average Bonchev–Trinajstić information content (AvgIpc) is 2.16. The van der Waals surface area contributed by atoms with Gasteiger partial charge in [-0.3, -0.25) is 0 Å². The molecule has 0 heterocycles. The molecule has 0 fully saturated rings. The van der Waals surface area contributed by atoms with E-state index in [9.17, 15) is 4.39 Å². The molecule has 0 spiro atoms. The lowest BCUT2D eigenvalue weighted by Gasteiger charge is -2.24. The Morgan fingerprint density at radius 3 is 2.27 bits per heavy atom. The molecule has 0 radical (unpaired) electrons. The number of anilines is 1. The molecule has 1 unspecified atom stereocenters. The summed E-state index contributed by atoms with van der Waals surface area (Å²) >= 11 is 0. The van der Waals surface area contributed by atoms with Crippen LogP contribution in [-0.4, -0.2) is 13.1 Å². The third kappa shape index (κ3) is 2.69. The summed E-state index contributed by atoms with van der Waals surface area (Å²) in [6.45, 7) is 5.90. The van der Waals surface area contributed by atoms with Gasteiger partial charge in [0.2, 0.25) is 0 Å². The Hall–Kier alpha value is -1.09. The van der Waals surface area contributed by atoms with Crippen LogP contribution in [0.15, 0.2) is 18.2 Å². The molecule has 3 heteroatoms. The van der Waals surface area contributed by atoms with Crippen molar-refractivity contribution in [1.29, 1.82) is 0 Å². The maximum absolute atomic E-state index is 13.7. The molecule has 0 aliphatic rings. The summed E-state index contributed by atoms with van der Waals surface area (Å²) in [6.07, 6.45) is 0. The second kappa shape index (κ2) is 4.62. The molecule has 84 valence electrons. The lowest BCUT2D eigenvalue weighted by Crippen LogP contribution is -2.26. The van der Waals surface area contributed by atoms with Crippen LogP contribution in [0.4, 0.5) is 10.1 Å². The highest BCUT2D eigenvalue weighted by atomic mass is 19.1. The summed E-state index contributed by atoms with van der Waals surface area (Å²) in [5.74, 6) is -0.207. The number of hydrogen-bond acceptors (Lipinski definition) is 2. The summed E-state index contributed by atoms with van der Waals surface area (Å²) in [7, 11) is 1.88. The molecule has 0 bridgehead atoms.